The number of nitrogens with one attached hydrogen (secondary N) is 1. The summed E-state index contributed by atoms with van der Waals surface area (Å²) in [6.07, 6.45) is 2.79. The van der Waals surface area contributed by atoms with Crippen LogP contribution in [0.1, 0.15) is 24.3 Å². The summed E-state index contributed by atoms with van der Waals surface area (Å²) in [5, 5.41) is 3.48. The molecular formula is C14H21NO. The fraction of sp³-hybridized carbons (Fsp3) is 0.571. The van der Waals surface area contributed by atoms with Crippen molar-refractivity contribution < 1.29 is 4.74 Å². The van der Waals surface area contributed by atoms with Gasteiger partial charge in [-0.1, -0.05) is 30.3 Å². The van der Waals surface area contributed by atoms with Gasteiger partial charge >= 0.3 is 0 Å². The van der Waals surface area contributed by atoms with Crippen molar-refractivity contribution in [1.29, 1.82) is 0 Å². The van der Waals surface area contributed by atoms with Gasteiger partial charge in [0.1, 0.15) is 0 Å². The van der Waals surface area contributed by atoms with E-state index in [4.69, 9.17) is 4.74 Å². The maximum atomic E-state index is 5.04. The zero-order chi connectivity index (χ0) is 11.2. The second kappa shape index (κ2) is 6.02. The van der Waals surface area contributed by atoms with Crippen molar-refractivity contribution in [1.82, 2.24) is 5.32 Å². The molecule has 2 nitrogen and oxygen atoms in total. The summed E-state index contributed by atoms with van der Waals surface area (Å²) >= 11 is 0. The average Bonchev–Trinajstić information content (AvgIpc) is 3.15. The maximum absolute atomic E-state index is 5.04. The maximum Gasteiger partial charge on any atom is 0.0587 e. The van der Waals surface area contributed by atoms with Crippen LogP contribution in [-0.2, 0) is 4.74 Å². The van der Waals surface area contributed by atoms with Crippen LogP contribution >= 0.6 is 0 Å². The van der Waals surface area contributed by atoms with E-state index in [0.717, 1.165) is 25.6 Å². The first kappa shape index (κ1) is 11.6. The molecule has 0 heterocycles. The normalized spacial score (nSPS) is 17.3. The Kier molecular flexibility index (Phi) is 4.37. The molecule has 0 saturated heterocycles. The van der Waals surface area contributed by atoms with Crippen molar-refractivity contribution in [2.45, 2.75) is 18.8 Å². The first-order chi connectivity index (χ1) is 7.92. The SMILES string of the molecule is COCCNCC(c1ccccc1)C1CC1. The molecule has 0 spiro atoms. The molecule has 1 aromatic carbocycles. The highest BCUT2D eigenvalue weighted by Crippen LogP contribution is 2.42. The van der Waals surface area contributed by atoms with Gasteiger partial charge in [0.05, 0.1) is 6.61 Å². The Bertz CT molecular complexity index is 295. The molecule has 0 aliphatic heterocycles. The van der Waals surface area contributed by atoms with E-state index in [0.29, 0.717) is 5.92 Å². The Labute approximate surface area is 98.0 Å². The van der Waals surface area contributed by atoms with Gasteiger partial charge in [-0.3, -0.25) is 0 Å². The zero-order valence-corrected chi connectivity index (χ0v) is 9.99. The molecule has 1 atom stereocenters. The minimum absolute atomic E-state index is 0.693. The molecule has 16 heavy (non-hydrogen) atoms. The predicted molar refractivity (Wildman–Crippen MR) is 66.7 cm³/mol. The molecule has 0 aromatic heterocycles. The fourth-order valence-electron chi connectivity index (χ4n) is 2.19. The lowest BCUT2D eigenvalue weighted by Gasteiger charge is -2.17. The molecule has 1 unspecified atom stereocenters. The Hall–Kier alpha value is -0.860. The Morgan fingerprint density at radius 3 is 2.69 bits per heavy atom. The molecule has 0 radical (unpaired) electrons. The first-order valence-corrected chi connectivity index (χ1v) is 6.16. The molecule has 1 aliphatic rings. The molecule has 1 N–H and O–H groups in total. The van der Waals surface area contributed by atoms with Crippen LogP contribution in [0.5, 0.6) is 0 Å². The highest BCUT2D eigenvalue weighted by Gasteiger charge is 2.31. The number of hydrogen-bond acceptors (Lipinski definition) is 2. The summed E-state index contributed by atoms with van der Waals surface area (Å²) in [4.78, 5) is 0. The van der Waals surface area contributed by atoms with Crippen molar-refractivity contribution in [3.8, 4) is 0 Å². The van der Waals surface area contributed by atoms with E-state index in [1.807, 2.05) is 0 Å². The van der Waals surface area contributed by atoms with Crippen LogP contribution in [0.25, 0.3) is 0 Å². The molecule has 1 saturated carbocycles. The highest BCUT2D eigenvalue weighted by molar-refractivity contribution is 5.22. The molecular weight excluding hydrogens is 198 g/mol. The van der Waals surface area contributed by atoms with Crippen LogP contribution in [0.2, 0.25) is 0 Å². The number of benzene rings is 1. The third-order valence-corrected chi connectivity index (χ3v) is 3.27. The standard InChI is InChI=1S/C14H21NO/c1-16-10-9-15-11-14(13-7-8-13)12-5-3-2-4-6-12/h2-6,13-15H,7-11H2,1H3. The van der Waals surface area contributed by atoms with E-state index in [1.54, 1.807) is 7.11 Å². The van der Waals surface area contributed by atoms with Crippen LogP contribution in [0.4, 0.5) is 0 Å². The molecule has 2 heteroatoms. The second-order valence-electron chi connectivity index (χ2n) is 4.55. The number of methoxy groups -OCH3 is 1. The Morgan fingerprint density at radius 2 is 2.06 bits per heavy atom. The molecule has 0 amide bonds. The molecule has 0 bridgehead atoms. The van der Waals surface area contributed by atoms with Crippen molar-refractivity contribution in [3.05, 3.63) is 35.9 Å². The highest BCUT2D eigenvalue weighted by atomic mass is 16.5. The number of ether oxygens (including phenoxy) is 1. The van der Waals surface area contributed by atoms with Gasteiger partial charge in [0.25, 0.3) is 0 Å². The van der Waals surface area contributed by atoms with Crippen LogP contribution < -0.4 is 5.32 Å². The van der Waals surface area contributed by atoms with E-state index < -0.39 is 0 Å². The molecule has 1 aliphatic carbocycles. The van der Waals surface area contributed by atoms with Gasteiger partial charge in [0.15, 0.2) is 0 Å². The number of hydrogen-bond donors (Lipinski definition) is 1. The molecule has 2 rings (SSSR count). The van der Waals surface area contributed by atoms with E-state index in [-0.39, 0.29) is 0 Å². The smallest absolute Gasteiger partial charge is 0.0587 e. The van der Waals surface area contributed by atoms with Crippen LogP contribution in [0.15, 0.2) is 30.3 Å². The summed E-state index contributed by atoms with van der Waals surface area (Å²) < 4.78 is 5.04. The van der Waals surface area contributed by atoms with Crippen molar-refractivity contribution >= 4 is 0 Å². The van der Waals surface area contributed by atoms with Crippen molar-refractivity contribution in [2.75, 3.05) is 26.8 Å². The van der Waals surface area contributed by atoms with Crippen molar-refractivity contribution in [3.63, 3.8) is 0 Å². The fourth-order valence-corrected chi connectivity index (χ4v) is 2.19. The lowest BCUT2D eigenvalue weighted by molar-refractivity contribution is 0.198. The summed E-state index contributed by atoms with van der Waals surface area (Å²) in [7, 11) is 1.75. The summed E-state index contributed by atoms with van der Waals surface area (Å²) in [6.45, 7) is 2.83. The minimum atomic E-state index is 0.693. The Balaban J connectivity index is 1.86. The quantitative estimate of drug-likeness (QED) is 0.711. The van der Waals surface area contributed by atoms with Crippen LogP contribution in [-0.4, -0.2) is 26.8 Å². The lowest BCUT2D eigenvalue weighted by Crippen LogP contribution is -2.26. The van der Waals surface area contributed by atoms with Gasteiger partial charge in [-0.25, -0.2) is 0 Å². The topological polar surface area (TPSA) is 21.3 Å². The zero-order valence-electron chi connectivity index (χ0n) is 9.99. The average molecular weight is 219 g/mol. The first-order valence-electron chi connectivity index (χ1n) is 6.16. The monoisotopic (exact) mass is 219 g/mol. The molecule has 1 fully saturated rings. The molecule has 1 aromatic rings. The van der Waals surface area contributed by atoms with E-state index in [1.165, 1.54) is 18.4 Å². The molecule has 88 valence electrons. The third-order valence-electron chi connectivity index (χ3n) is 3.27. The van der Waals surface area contributed by atoms with Gasteiger partial charge in [-0.05, 0) is 30.2 Å². The van der Waals surface area contributed by atoms with Gasteiger partial charge in [-0.15, -0.1) is 0 Å². The summed E-state index contributed by atoms with van der Waals surface area (Å²) in [5.41, 5.74) is 1.48. The van der Waals surface area contributed by atoms with Crippen molar-refractivity contribution in [2.24, 2.45) is 5.92 Å². The van der Waals surface area contributed by atoms with Gasteiger partial charge < -0.3 is 10.1 Å². The predicted octanol–water partition coefficient (Wildman–Crippen LogP) is 2.42. The summed E-state index contributed by atoms with van der Waals surface area (Å²) in [5.74, 6) is 1.59. The van der Waals surface area contributed by atoms with E-state index >= 15 is 0 Å². The van der Waals surface area contributed by atoms with Gasteiger partial charge in [0.2, 0.25) is 0 Å². The second-order valence-corrected chi connectivity index (χ2v) is 4.55. The van der Waals surface area contributed by atoms with E-state index in [9.17, 15) is 0 Å². The van der Waals surface area contributed by atoms with Crippen LogP contribution in [0.3, 0.4) is 0 Å². The van der Waals surface area contributed by atoms with Crippen LogP contribution in [0, 0.1) is 5.92 Å². The number of rotatable bonds is 7. The van der Waals surface area contributed by atoms with E-state index in [2.05, 4.69) is 35.6 Å². The lowest BCUT2D eigenvalue weighted by atomic mass is 9.94. The van der Waals surface area contributed by atoms with Gasteiger partial charge in [0, 0.05) is 20.2 Å². The summed E-state index contributed by atoms with van der Waals surface area (Å²) in [6, 6.07) is 10.9. The van der Waals surface area contributed by atoms with Gasteiger partial charge in [-0.2, -0.15) is 0 Å². The largest absolute Gasteiger partial charge is 0.383 e. The Morgan fingerprint density at radius 1 is 1.31 bits per heavy atom. The minimum Gasteiger partial charge on any atom is -0.383 e. The third kappa shape index (κ3) is 3.32.